The predicted octanol–water partition coefficient (Wildman–Crippen LogP) is 2.36. The van der Waals surface area contributed by atoms with Crippen molar-refractivity contribution in [2.24, 2.45) is 5.73 Å². The first-order valence-electron chi connectivity index (χ1n) is 6.19. The molecule has 0 spiro atoms. The van der Waals surface area contributed by atoms with Gasteiger partial charge in [-0.2, -0.15) is 13.2 Å². The molecule has 0 unspecified atom stereocenters. The summed E-state index contributed by atoms with van der Waals surface area (Å²) in [5.74, 6) is 0.0500. The van der Waals surface area contributed by atoms with Crippen molar-refractivity contribution in [3.63, 3.8) is 0 Å². The van der Waals surface area contributed by atoms with Crippen molar-refractivity contribution in [2.45, 2.75) is 23.5 Å². The summed E-state index contributed by atoms with van der Waals surface area (Å²) < 4.78 is 37.7. The number of benzene rings is 1. The van der Waals surface area contributed by atoms with E-state index < -0.39 is 11.7 Å². The highest BCUT2D eigenvalue weighted by molar-refractivity contribution is 8.00. The molecule has 2 rings (SSSR count). The van der Waals surface area contributed by atoms with Crippen molar-refractivity contribution in [2.75, 3.05) is 18.8 Å². The highest BCUT2D eigenvalue weighted by Gasteiger charge is 2.30. The first kappa shape index (κ1) is 15.2. The molecule has 1 saturated heterocycles. The van der Waals surface area contributed by atoms with Gasteiger partial charge in [0, 0.05) is 24.0 Å². The smallest absolute Gasteiger partial charge is 0.340 e. The van der Waals surface area contributed by atoms with Crippen LogP contribution in [0.1, 0.15) is 12.0 Å². The van der Waals surface area contributed by atoms with Gasteiger partial charge in [-0.15, -0.1) is 11.8 Å². The van der Waals surface area contributed by atoms with E-state index in [2.05, 4.69) is 0 Å². The van der Waals surface area contributed by atoms with E-state index in [0.29, 0.717) is 18.0 Å². The standard InChI is InChI=1S/C13H15F3N2OS/c14-13(15,16)9-2-1-3-11(6-9)20-8-12(19)18-5-4-10(17)7-18/h1-3,6,10H,4-5,7-8,17H2/t10-/m1/s1. The molecule has 1 atom stereocenters. The summed E-state index contributed by atoms with van der Waals surface area (Å²) in [6.45, 7) is 1.16. The van der Waals surface area contributed by atoms with E-state index >= 15 is 0 Å². The van der Waals surface area contributed by atoms with Crippen LogP contribution in [0, 0.1) is 0 Å². The molecule has 0 aliphatic carbocycles. The molecule has 1 heterocycles. The van der Waals surface area contributed by atoms with Crippen LogP contribution in [0.3, 0.4) is 0 Å². The molecule has 20 heavy (non-hydrogen) atoms. The van der Waals surface area contributed by atoms with Crippen LogP contribution in [0.5, 0.6) is 0 Å². The molecule has 0 aromatic heterocycles. The van der Waals surface area contributed by atoms with Gasteiger partial charge in [0.2, 0.25) is 5.91 Å². The lowest BCUT2D eigenvalue weighted by atomic mass is 10.2. The summed E-state index contributed by atoms with van der Waals surface area (Å²) in [6, 6.07) is 5.01. The Kier molecular flexibility index (Phi) is 4.59. The van der Waals surface area contributed by atoms with Crippen molar-refractivity contribution < 1.29 is 18.0 Å². The Morgan fingerprint density at radius 1 is 1.45 bits per heavy atom. The van der Waals surface area contributed by atoms with E-state index in [0.717, 1.165) is 30.3 Å². The average Bonchev–Trinajstić information content (AvgIpc) is 2.82. The van der Waals surface area contributed by atoms with Gasteiger partial charge >= 0.3 is 6.18 Å². The maximum Gasteiger partial charge on any atom is 0.416 e. The summed E-state index contributed by atoms with van der Waals surface area (Å²) in [4.78, 5) is 14.0. The number of amides is 1. The zero-order chi connectivity index (χ0) is 14.8. The molecule has 1 amide bonds. The van der Waals surface area contributed by atoms with Gasteiger partial charge in [-0.1, -0.05) is 6.07 Å². The molecule has 1 aromatic carbocycles. The lowest BCUT2D eigenvalue weighted by Gasteiger charge is -2.15. The first-order valence-corrected chi connectivity index (χ1v) is 7.18. The van der Waals surface area contributed by atoms with Crippen molar-refractivity contribution in [1.29, 1.82) is 0 Å². The van der Waals surface area contributed by atoms with Gasteiger partial charge in [-0.25, -0.2) is 0 Å². The number of rotatable bonds is 3. The summed E-state index contributed by atoms with van der Waals surface area (Å²) in [5, 5.41) is 0. The molecular formula is C13H15F3N2OS. The van der Waals surface area contributed by atoms with Gasteiger partial charge in [-0.05, 0) is 24.6 Å². The molecule has 2 N–H and O–H groups in total. The number of carbonyl (C=O) groups excluding carboxylic acids is 1. The third-order valence-corrected chi connectivity index (χ3v) is 4.08. The van der Waals surface area contributed by atoms with Gasteiger partial charge < -0.3 is 10.6 Å². The molecule has 3 nitrogen and oxygen atoms in total. The molecular weight excluding hydrogens is 289 g/mol. The lowest BCUT2D eigenvalue weighted by molar-refractivity contribution is -0.137. The quantitative estimate of drug-likeness (QED) is 0.872. The van der Waals surface area contributed by atoms with E-state index in [1.165, 1.54) is 6.07 Å². The van der Waals surface area contributed by atoms with Crippen LogP contribution in [-0.2, 0) is 11.0 Å². The van der Waals surface area contributed by atoms with Gasteiger partial charge in [0.15, 0.2) is 0 Å². The molecule has 0 saturated carbocycles. The molecule has 1 aliphatic rings. The monoisotopic (exact) mass is 304 g/mol. The molecule has 1 fully saturated rings. The van der Waals surface area contributed by atoms with Crippen molar-refractivity contribution in [3.05, 3.63) is 29.8 Å². The summed E-state index contributed by atoms with van der Waals surface area (Å²) in [6.07, 6.45) is -3.58. The zero-order valence-corrected chi connectivity index (χ0v) is 11.5. The molecule has 7 heteroatoms. The summed E-state index contributed by atoms with van der Waals surface area (Å²) in [5.41, 5.74) is 5.02. The number of thioether (sulfide) groups is 1. The minimum Gasteiger partial charge on any atom is -0.340 e. The van der Waals surface area contributed by atoms with E-state index in [9.17, 15) is 18.0 Å². The number of halogens is 3. The third kappa shape index (κ3) is 3.89. The third-order valence-electron chi connectivity index (χ3n) is 3.10. The van der Waals surface area contributed by atoms with Crippen molar-refractivity contribution in [1.82, 2.24) is 4.90 Å². The molecule has 1 aromatic rings. The minimum absolute atomic E-state index is 0.0116. The van der Waals surface area contributed by atoms with Gasteiger partial charge in [-0.3, -0.25) is 4.79 Å². The number of likely N-dealkylation sites (tertiary alicyclic amines) is 1. The van der Waals surface area contributed by atoms with Crippen LogP contribution in [0.4, 0.5) is 13.2 Å². The second-order valence-electron chi connectivity index (χ2n) is 4.70. The number of nitrogens with two attached hydrogens (primary N) is 1. The number of alkyl halides is 3. The Morgan fingerprint density at radius 3 is 2.80 bits per heavy atom. The molecule has 0 radical (unpaired) electrons. The predicted molar refractivity (Wildman–Crippen MR) is 71.3 cm³/mol. The maximum atomic E-state index is 12.6. The Balaban J connectivity index is 1.92. The summed E-state index contributed by atoms with van der Waals surface area (Å²) >= 11 is 1.11. The van der Waals surface area contributed by atoms with E-state index in [4.69, 9.17) is 5.73 Å². The van der Waals surface area contributed by atoms with Crippen LogP contribution >= 0.6 is 11.8 Å². The van der Waals surface area contributed by atoms with Crippen molar-refractivity contribution in [3.8, 4) is 0 Å². The van der Waals surface area contributed by atoms with Crippen LogP contribution in [0.15, 0.2) is 29.2 Å². The second kappa shape index (κ2) is 6.05. The number of hydrogen-bond donors (Lipinski definition) is 1. The van der Waals surface area contributed by atoms with E-state index in [1.54, 1.807) is 11.0 Å². The first-order chi connectivity index (χ1) is 9.36. The minimum atomic E-state index is -4.36. The van der Waals surface area contributed by atoms with Crippen LogP contribution in [-0.4, -0.2) is 35.7 Å². The number of hydrogen-bond acceptors (Lipinski definition) is 3. The van der Waals surface area contributed by atoms with Gasteiger partial charge in [0.25, 0.3) is 0 Å². The fourth-order valence-corrected chi connectivity index (χ4v) is 2.87. The second-order valence-corrected chi connectivity index (χ2v) is 5.75. The highest BCUT2D eigenvalue weighted by Crippen LogP contribution is 2.31. The Hall–Kier alpha value is -1.21. The largest absolute Gasteiger partial charge is 0.416 e. The number of carbonyl (C=O) groups is 1. The fraction of sp³-hybridized carbons (Fsp3) is 0.462. The Bertz CT molecular complexity index is 493. The van der Waals surface area contributed by atoms with E-state index in [1.807, 2.05) is 0 Å². The highest BCUT2D eigenvalue weighted by atomic mass is 32.2. The zero-order valence-electron chi connectivity index (χ0n) is 10.7. The fourth-order valence-electron chi connectivity index (χ4n) is 2.01. The van der Waals surface area contributed by atoms with Gasteiger partial charge in [0.05, 0.1) is 11.3 Å². The van der Waals surface area contributed by atoms with E-state index in [-0.39, 0.29) is 17.7 Å². The normalized spacial score (nSPS) is 19.4. The van der Waals surface area contributed by atoms with Crippen LogP contribution in [0.2, 0.25) is 0 Å². The maximum absolute atomic E-state index is 12.6. The number of nitrogens with zero attached hydrogens (tertiary/aromatic N) is 1. The van der Waals surface area contributed by atoms with Crippen molar-refractivity contribution >= 4 is 17.7 Å². The Labute approximate surface area is 119 Å². The van der Waals surface area contributed by atoms with Crippen LogP contribution in [0.25, 0.3) is 0 Å². The molecule has 1 aliphatic heterocycles. The topological polar surface area (TPSA) is 46.3 Å². The SMILES string of the molecule is N[C@@H]1CCN(C(=O)CSc2cccc(C(F)(F)F)c2)C1. The molecule has 110 valence electrons. The lowest BCUT2D eigenvalue weighted by Crippen LogP contribution is -2.33. The molecule has 0 bridgehead atoms. The van der Waals surface area contributed by atoms with Crippen LogP contribution < -0.4 is 5.73 Å². The average molecular weight is 304 g/mol. The summed E-state index contributed by atoms with van der Waals surface area (Å²) in [7, 11) is 0. The Morgan fingerprint density at radius 2 is 2.20 bits per heavy atom. The van der Waals surface area contributed by atoms with Gasteiger partial charge in [0.1, 0.15) is 0 Å².